The molecule has 1 amide bonds. The van der Waals surface area contributed by atoms with Gasteiger partial charge in [0.1, 0.15) is 11.9 Å². The number of aromatic amines is 1. The minimum atomic E-state index is -0.617. The van der Waals surface area contributed by atoms with Gasteiger partial charge in [0, 0.05) is 23.5 Å². The molecule has 1 atom stereocenters. The Morgan fingerprint density at radius 2 is 1.64 bits per heavy atom. The third-order valence-electron chi connectivity index (χ3n) is 5.54. The average molecular weight is 491 g/mol. The Morgan fingerprint density at radius 1 is 1.00 bits per heavy atom. The van der Waals surface area contributed by atoms with Gasteiger partial charge in [0.2, 0.25) is 5.91 Å². The van der Waals surface area contributed by atoms with Gasteiger partial charge >= 0.3 is 0 Å². The molecule has 3 heterocycles. The number of carbonyl (C=O) groups excluding carboxylic acids is 1. The van der Waals surface area contributed by atoms with Crippen LogP contribution in [0, 0.1) is 19.8 Å². The SMILES string of the molecule is CC.CC.CC(C)C.Cc1cc(C)c2nc3n(c(=O)c2c1)C(Cc1c[nH]c2ccccc12)C(=O)NC3. The summed E-state index contributed by atoms with van der Waals surface area (Å²) in [6.45, 7) is 18.7. The number of carbonyl (C=O) groups is 1. The fourth-order valence-electron chi connectivity index (χ4n) is 4.24. The third kappa shape index (κ3) is 6.23. The number of hydrogen-bond acceptors (Lipinski definition) is 3. The Morgan fingerprint density at radius 3 is 2.31 bits per heavy atom. The van der Waals surface area contributed by atoms with Gasteiger partial charge in [-0.25, -0.2) is 4.98 Å². The van der Waals surface area contributed by atoms with Crippen molar-refractivity contribution < 1.29 is 4.79 Å². The van der Waals surface area contributed by atoms with Crippen molar-refractivity contribution in [3.8, 4) is 0 Å². The molecule has 0 saturated carbocycles. The van der Waals surface area contributed by atoms with E-state index in [0.29, 0.717) is 23.1 Å². The van der Waals surface area contributed by atoms with Crippen molar-refractivity contribution in [1.82, 2.24) is 19.9 Å². The van der Waals surface area contributed by atoms with Crippen LogP contribution in [0.15, 0.2) is 47.4 Å². The van der Waals surface area contributed by atoms with Crippen molar-refractivity contribution in [2.24, 2.45) is 5.92 Å². The molecule has 4 aromatic rings. The molecule has 1 unspecified atom stereocenters. The third-order valence-corrected chi connectivity index (χ3v) is 5.54. The number of amides is 1. The first-order valence-corrected chi connectivity index (χ1v) is 13.1. The average Bonchev–Trinajstić information content (AvgIpc) is 3.27. The molecule has 1 aliphatic rings. The van der Waals surface area contributed by atoms with Gasteiger partial charge in [-0.15, -0.1) is 0 Å². The Kier molecular flexibility index (Phi) is 10.5. The van der Waals surface area contributed by atoms with Crippen molar-refractivity contribution >= 4 is 27.7 Å². The molecule has 0 fully saturated rings. The topological polar surface area (TPSA) is 79.8 Å². The van der Waals surface area contributed by atoms with Crippen LogP contribution >= 0.6 is 0 Å². The normalized spacial score (nSPS) is 14.1. The van der Waals surface area contributed by atoms with E-state index < -0.39 is 6.04 Å². The fourth-order valence-corrected chi connectivity index (χ4v) is 4.24. The van der Waals surface area contributed by atoms with Crippen LogP contribution in [0.4, 0.5) is 0 Å². The standard InChI is InChI=1S/C22H20N4O2.C4H10.2C2H6/c1-12-7-13(2)20-16(8-12)22(28)26-18(21(27)24-11-19(26)25-20)9-14-10-23-17-6-4-3-5-15(14)17;1-4(2)3;2*1-2/h3-8,10,18,23H,9,11H2,1-2H3,(H,24,27);4H,1-3H3;2*1-2H3. The summed E-state index contributed by atoms with van der Waals surface area (Å²) < 4.78 is 1.59. The minimum absolute atomic E-state index is 0.147. The number of H-pyrrole nitrogens is 1. The van der Waals surface area contributed by atoms with Crippen molar-refractivity contribution in [2.45, 2.75) is 81.3 Å². The Hall–Kier alpha value is -3.41. The van der Waals surface area contributed by atoms with Crippen LogP contribution in [-0.4, -0.2) is 20.4 Å². The van der Waals surface area contributed by atoms with Crippen LogP contribution in [0.3, 0.4) is 0 Å². The summed E-state index contributed by atoms with van der Waals surface area (Å²) in [4.78, 5) is 34.1. The van der Waals surface area contributed by atoms with Gasteiger partial charge in [0.05, 0.1) is 17.4 Å². The first kappa shape index (κ1) is 28.8. The van der Waals surface area contributed by atoms with Gasteiger partial charge in [0.25, 0.3) is 5.56 Å². The molecule has 0 aliphatic carbocycles. The lowest BCUT2D eigenvalue weighted by Gasteiger charge is -2.27. The second-order valence-electron chi connectivity index (χ2n) is 9.21. The maximum absolute atomic E-state index is 13.4. The second-order valence-corrected chi connectivity index (χ2v) is 9.21. The minimum Gasteiger partial charge on any atom is -0.361 e. The van der Waals surface area contributed by atoms with Crippen LogP contribution in [-0.2, 0) is 17.8 Å². The molecule has 194 valence electrons. The Bertz CT molecular complexity index is 1360. The lowest BCUT2D eigenvalue weighted by atomic mass is 10.0. The molecule has 6 nitrogen and oxygen atoms in total. The Labute approximate surface area is 215 Å². The predicted molar refractivity (Wildman–Crippen MR) is 152 cm³/mol. The molecule has 2 aromatic carbocycles. The van der Waals surface area contributed by atoms with Crippen LogP contribution < -0.4 is 10.9 Å². The lowest BCUT2D eigenvalue weighted by molar-refractivity contribution is -0.125. The lowest BCUT2D eigenvalue weighted by Crippen LogP contribution is -2.46. The van der Waals surface area contributed by atoms with E-state index in [4.69, 9.17) is 4.98 Å². The molecule has 0 spiro atoms. The van der Waals surface area contributed by atoms with Gasteiger partial charge in [0.15, 0.2) is 0 Å². The van der Waals surface area contributed by atoms with Gasteiger partial charge in [-0.3, -0.25) is 14.2 Å². The van der Waals surface area contributed by atoms with Crippen LogP contribution in [0.2, 0.25) is 0 Å². The highest BCUT2D eigenvalue weighted by atomic mass is 16.2. The largest absolute Gasteiger partial charge is 0.361 e. The van der Waals surface area contributed by atoms with E-state index in [-0.39, 0.29) is 18.0 Å². The summed E-state index contributed by atoms with van der Waals surface area (Å²) in [5.74, 6) is 1.29. The molecule has 2 N–H and O–H groups in total. The number of fused-ring (bicyclic) bond motifs is 3. The van der Waals surface area contributed by atoms with Crippen molar-refractivity contribution in [1.29, 1.82) is 0 Å². The summed E-state index contributed by atoms with van der Waals surface area (Å²) in [6.07, 6.45) is 2.35. The predicted octanol–water partition coefficient (Wildman–Crippen LogP) is 6.62. The van der Waals surface area contributed by atoms with Gasteiger partial charge in [-0.2, -0.15) is 0 Å². The number of hydrogen-bond donors (Lipinski definition) is 2. The number of aromatic nitrogens is 3. The first-order chi connectivity index (χ1) is 17.3. The molecule has 2 aromatic heterocycles. The molecule has 36 heavy (non-hydrogen) atoms. The van der Waals surface area contributed by atoms with Crippen LogP contribution in [0.5, 0.6) is 0 Å². The summed E-state index contributed by atoms with van der Waals surface area (Å²) >= 11 is 0. The molecule has 0 radical (unpaired) electrons. The van der Waals surface area contributed by atoms with E-state index in [2.05, 4.69) is 31.1 Å². The molecule has 1 aliphatic heterocycles. The monoisotopic (exact) mass is 490 g/mol. The molecule has 5 rings (SSSR count). The molecular formula is C30H42N4O2. The highest BCUT2D eigenvalue weighted by Crippen LogP contribution is 2.26. The van der Waals surface area contributed by atoms with Crippen LogP contribution in [0.25, 0.3) is 21.8 Å². The quantitative estimate of drug-likeness (QED) is 0.331. The molecule has 0 bridgehead atoms. The van der Waals surface area contributed by atoms with Crippen molar-refractivity contribution in [3.05, 3.63) is 75.5 Å². The van der Waals surface area contributed by atoms with E-state index in [1.54, 1.807) is 4.57 Å². The number of nitrogens with zero attached hydrogens (tertiary/aromatic N) is 2. The second kappa shape index (κ2) is 13.1. The van der Waals surface area contributed by atoms with E-state index in [1.165, 1.54) is 0 Å². The summed E-state index contributed by atoms with van der Waals surface area (Å²) in [5, 5.41) is 4.54. The Balaban J connectivity index is 0.000000512. The van der Waals surface area contributed by atoms with Crippen molar-refractivity contribution in [3.63, 3.8) is 0 Å². The van der Waals surface area contributed by atoms with E-state index in [1.807, 2.05) is 84.1 Å². The zero-order valence-electron chi connectivity index (χ0n) is 23.3. The highest BCUT2D eigenvalue weighted by Gasteiger charge is 2.31. The number of aryl methyl sites for hydroxylation is 2. The summed E-state index contributed by atoms with van der Waals surface area (Å²) in [5.41, 5.74) is 4.58. The zero-order chi connectivity index (χ0) is 27.0. The number of nitrogens with one attached hydrogen (secondary N) is 2. The first-order valence-electron chi connectivity index (χ1n) is 13.1. The van der Waals surface area contributed by atoms with E-state index in [0.717, 1.165) is 33.5 Å². The summed E-state index contributed by atoms with van der Waals surface area (Å²) in [7, 11) is 0. The highest BCUT2D eigenvalue weighted by molar-refractivity contribution is 5.87. The molecule has 6 heteroatoms. The molecular weight excluding hydrogens is 448 g/mol. The van der Waals surface area contributed by atoms with Crippen LogP contribution in [0.1, 0.15) is 77.0 Å². The number of benzene rings is 2. The van der Waals surface area contributed by atoms with Gasteiger partial charge < -0.3 is 10.3 Å². The van der Waals surface area contributed by atoms with Gasteiger partial charge in [-0.1, -0.05) is 72.7 Å². The smallest absolute Gasteiger partial charge is 0.262 e. The van der Waals surface area contributed by atoms with Crippen molar-refractivity contribution in [2.75, 3.05) is 0 Å². The number of rotatable bonds is 2. The van der Waals surface area contributed by atoms with E-state index in [9.17, 15) is 9.59 Å². The van der Waals surface area contributed by atoms with E-state index >= 15 is 0 Å². The zero-order valence-corrected chi connectivity index (χ0v) is 23.3. The molecule has 0 saturated heterocycles. The summed E-state index contributed by atoms with van der Waals surface area (Å²) in [6, 6.07) is 11.2. The van der Waals surface area contributed by atoms with Gasteiger partial charge in [-0.05, 0) is 48.6 Å². The number of para-hydroxylation sites is 1. The maximum atomic E-state index is 13.4. The maximum Gasteiger partial charge on any atom is 0.262 e. The fraction of sp³-hybridized carbons (Fsp3) is 0.433.